The smallest absolute Gasteiger partial charge is 0.0107 e. The highest BCUT2D eigenvalue weighted by molar-refractivity contribution is 5.81. The maximum Gasteiger partial charge on any atom is 0.0107 e. The standard InChI is InChI=1S/C15H12/c1-2-6-12-11(5-1)13-7-3-4-10-8-9-14(12)15(10)13/h1-7,14H,8-9H2. The van der Waals surface area contributed by atoms with E-state index in [1.54, 1.807) is 16.7 Å². The molecule has 1 unspecified atom stereocenters. The fourth-order valence-corrected chi connectivity index (χ4v) is 3.28. The second-order valence-corrected chi connectivity index (χ2v) is 4.56. The van der Waals surface area contributed by atoms with Crippen molar-refractivity contribution in [1.82, 2.24) is 0 Å². The van der Waals surface area contributed by atoms with Crippen LogP contribution in [0.1, 0.15) is 29.0 Å². The summed E-state index contributed by atoms with van der Waals surface area (Å²) in [6.07, 6.45) is 2.57. The molecule has 0 spiro atoms. The van der Waals surface area contributed by atoms with Crippen LogP contribution in [-0.4, -0.2) is 0 Å². The Kier molecular flexibility index (Phi) is 1.29. The summed E-state index contributed by atoms with van der Waals surface area (Å²) in [6.45, 7) is 0. The number of hydrogen-bond acceptors (Lipinski definition) is 0. The predicted molar refractivity (Wildman–Crippen MR) is 62.0 cm³/mol. The van der Waals surface area contributed by atoms with Crippen molar-refractivity contribution >= 4 is 0 Å². The highest BCUT2D eigenvalue weighted by Crippen LogP contribution is 2.51. The van der Waals surface area contributed by atoms with Gasteiger partial charge in [0.15, 0.2) is 0 Å². The van der Waals surface area contributed by atoms with E-state index >= 15 is 0 Å². The van der Waals surface area contributed by atoms with Gasteiger partial charge in [-0.1, -0.05) is 42.5 Å². The highest BCUT2D eigenvalue weighted by Gasteiger charge is 2.33. The maximum atomic E-state index is 2.30. The molecule has 0 saturated carbocycles. The second kappa shape index (κ2) is 2.52. The molecule has 2 aromatic carbocycles. The molecule has 1 atom stereocenters. The van der Waals surface area contributed by atoms with Gasteiger partial charge in [0.1, 0.15) is 0 Å². The minimum absolute atomic E-state index is 0.701. The third-order valence-corrected chi connectivity index (χ3v) is 3.87. The van der Waals surface area contributed by atoms with Crippen LogP contribution in [0.15, 0.2) is 42.5 Å². The van der Waals surface area contributed by atoms with Crippen molar-refractivity contribution in [3.63, 3.8) is 0 Å². The zero-order chi connectivity index (χ0) is 9.83. The van der Waals surface area contributed by atoms with Gasteiger partial charge in [0.05, 0.1) is 0 Å². The van der Waals surface area contributed by atoms with Crippen LogP contribution in [0.4, 0.5) is 0 Å². The van der Waals surface area contributed by atoms with E-state index in [1.165, 1.54) is 24.0 Å². The molecule has 0 bridgehead atoms. The normalized spacial score (nSPS) is 20.1. The van der Waals surface area contributed by atoms with Crippen LogP contribution in [0, 0.1) is 0 Å². The van der Waals surface area contributed by atoms with E-state index in [9.17, 15) is 0 Å². The van der Waals surface area contributed by atoms with Crippen molar-refractivity contribution in [3.05, 3.63) is 59.2 Å². The summed E-state index contributed by atoms with van der Waals surface area (Å²) in [5, 5.41) is 0. The van der Waals surface area contributed by atoms with Gasteiger partial charge in [-0.25, -0.2) is 0 Å². The molecule has 0 aromatic heterocycles. The monoisotopic (exact) mass is 192 g/mol. The largest absolute Gasteiger partial charge is 0.0619 e. The molecular formula is C15H12. The van der Waals surface area contributed by atoms with Crippen molar-refractivity contribution < 1.29 is 0 Å². The molecule has 15 heavy (non-hydrogen) atoms. The van der Waals surface area contributed by atoms with Crippen LogP contribution in [-0.2, 0) is 6.42 Å². The fraction of sp³-hybridized carbons (Fsp3) is 0.200. The molecule has 0 fully saturated rings. The first-order valence-corrected chi connectivity index (χ1v) is 5.66. The summed E-state index contributed by atoms with van der Waals surface area (Å²) < 4.78 is 0. The Morgan fingerprint density at radius 2 is 1.73 bits per heavy atom. The van der Waals surface area contributed by atoms with Crippen LogP contribution >= 0.6 is 0 Å². The zero-order valence-electron chi connectivity index (χ0n) is 8.53. The molecule has 0 amide bonds. The Morgan fingerprint density at radius 3 is 2.73 bits per heavy atom. The van der Waals surface area contributed by atoms with Gasteiger partial charge in [-0.3, -0.25) is 0 Å². The lowest BCUT2D eigenvalue weighted by atomic mass is 9.99. The molecular weight excluding hydrogens is 180 g/mol. The first kappa shape index (κ1) is 7.70. The van der Waals surface area contributed by atoms with E-state index in [0.29, 0.717) is 5.92 Å². The minimum atomic E-state index is 0.701. The molecule has 2 aromatic rings. The maximum absolute atomic E-state index is 2.30. The Labute approximate surface area is 89.6 Å². The van der Waals surface area contributed by atoms with Crippen LogP contribution in [0.3, 0.4) is 0 Å². The molecule has 0 nitrogen and oxygen atoms in total. The summed E-state index contributed by atoms with van der Waals surface area (Å²) >= 11 is 0. The summed E-state index contributed by atoms with van der Waals surface area (Å²) in [5.41, 5.74) is 7.72. The molecule has 0 saturated heterocycles. The highest BCUT2D eigenvalue weighted by atomic mass is 14.4. The summed E-state index contributed by atoms with van der Waals surface area (Å²) in [5.74, 6) is 0.701. The van der Waals surface area contributed by atoms with E-state index in [2.05, 4.69) is 42.5 Å². The molecule has 2 aliphatic rings. The number of rotatable bonds is 0. The Bertz CT molecular complexity index is 552. The van der Waals surface area contributed by atoms with Crippen molar-refractivity contribution in [2.45, 2.75) is 18.8 Å². The lowest BCUT2D eigenvalue weighted by Crippen LogP contribution is -1.89. The molecule has 2 aliphatic carbocycles. The molecule has 0 aliphatic heterocycles. The minimum Gasteiger partial charge on any atom is -0.0619 e. The van der Waals surface area contributed by atoms with Crippen LogP contribution in [0.25, 0.3) is 11.1 Å². The second-order valence-electron chi connectivity index (χ2n) is 4.56. The third-order valence-electron chi connectivity index (χ3n) is 3.87. The molecule has 0 N–H and O–H groups in total. The van der Waals surface area contributed by atoms with Crippen LogP contribution in [0.2, 0.25) is 0 Å². The van der Waals surface area contributed by atoms with Gasteiger partial charge in [0.25, 0.3) is 0 Å². The van der Waals surface area contributed by atoms with Gasteiger partial charge < -0.3 is 0 Å². The van der Waals surface area contributed by atoms with E-state index in [1.807, 2.05) is 0 Å². The van der Waals surface area contributed by atoms with Crippen molar-refractivity contribution in [2.75, 3.05) is 0 Å². The predicted octanol–water partition coefficient (Wildman–Crippen LogP) is 3.75. The van der Waals surface area contributed by atoms with Gasteiger partial charge >= 0.3 is 0 Å². The Balaban J connectivity index is 2.14. The van der Waals surface area contributed by atoms with Crippen LogP contribution < -0.4 is 0 Å². The molecule has 4 rings (SSSR count). The summed E-state index contributed by atoms with van der Waals surface area (Å²) in [4.78, 5) is 0. The molecule has 0 heterocycles. The van der Waals surface area contributed by atoms with Crippen molar-refractivity contribution in [3.8, 4) is 11.1 Å². The first-order chi connectivity index (χ1) is 7.45. The van der Waals surface area contributed by atoms with Gasteiger partial charge in [0.2, 0.25) is 0 Å². The average Bonchev–Trinajstić information content (AvgIpc) is 2.85. The lowest BCUT2D eigenvalue weighted by molar-refractivity contribution is 0.802. The van der Waals surface area contributed by atoms with Gasteiger partial charge in [-0.05, 0) is 40.7 Å². The van der Waals surface area contributed by atoms with Gasteiger partial charge in [0, 0.05) is 5.92 Å². The van der Waals surface area contributed by atoms with E-state index in [0.717, 1.165) is 0 Å². The molecule has 0 radical (unpaired) electrons. The third kappa shape index (κ3) is 0.829. The quantitative estimate of drug-likeness (QED) is 0.596. The summed E-state index contributed by atoms with van der Waals surface area (Å²) in [7, 11) is 0. The van der Waals surface area contributed by atoms with Crippen LogP contribution in [0.5, 0.6) is 0 Å². The van der Waals surface area contributed by atoms with E-state index < -0.39 is 0 Å². The first-order valence-electron chi connectivity index (χ1n) is 5.66. The van der Waals surface area contributed by atoms with Crippen molar-refractivity contribution in [1.29, 1.82) is 0 Å². The lowest BCUT2D eigenvalue weighted by Gasteiger charge is -2.04. The SMILES string of the molecule is c1ccc2c(c1)-c1cccc3c1C2CC3. The number of fused-ring (bicyclic) bond motifs is 3. The Hall–Kier alpha value is -1.56. The van der Waals surface area contributed by atoms with E-state index in [-0.39, 0.29) is 0 Å². The molecule has 0 heteroatoms. The topological polar surface area (TPSA) is 0 Å². The molecule has 72 valence electrons. The van der Waals surface area contributed by atoms with Gasteiger partial charge in [-0.2, -0.15) is 0 Å². The number of aryl methyl sites for hydroxylation is 1. The zero-order valence-corrected chi connectivity index (χ0v) is 8.53. The number of benzene rings is 2. The fourth-order valence-electron chi connectivity index (χ4n) is 3.28. The van der Waals surface area contributed by atoms with Crippen molar-refractivity contribution in [2.24, 2.45) is 0 Å². The average molecular weight is 192 g/mol. The number of hydrogen-bond donors (Lipinski definition) is 0. The van der Waals surface area contributed by atoms with E-state index in [4.69, 9.17) is 0 Å². The summed E-state index contributed by atoms with van der Waals surface area (Å²) in [6, 6.07) is 15.7. The van der Waals surface area contributed by atoms with Gasteiger partial charge in [-0.15, -0.1) is 0 Å². The Morgan fingerprint density at radius 1 is 0.867 bits per heavy atom.